The van der Waals surface area contributed by atoms with Gasteiger partial charge in [0, 0.05) is 23.8 Å². The molecule has 3 nitrogen and oxygen atoms in total. The number of hydrogen-bond acceptors (Lipinski definition) is 2. The third-order valence-electron chi connectivity index (χ3n) is 3.11. The van der Waals surface area contributed by atoms with Gasteiger partial charge in [-0.1, -0.05) is 6.92 Å². The van der Waals surface area contributed by atoms with E-state index < -0.39 is 0 Å². The van der Waals surface area contributed by atoms with E-state index in [1.165, 1.54) is 0 Å². The van der Waals surface area contributed by atoms with Gasteiger partial charge in [0.1, 0.15) is 5.69 Å². The van der Waals surface area contributed by atoms with Crippen molar-refractivity contribution in [2.45, 2.75) is 18.7 Å². The van der Waals surface area contributed by atoms with Crippen molar-refractivity contribution in [2.75, 3.05) is 13.1 Å². The molecule has 1 amide bonds. The van der Waals surface area contributed by atoms with Crippen LogP contribution >= 0.6 is 27.5 Å². The molecular weight excluding hydrogens is 304 g/mol. The zero-order valence-corrected chi connectivity index (χ0v) is 11.9. The highest BCUT2D eigenvalue weighted by Gasteiger charge is 2.29. The van der Waals surface area contributed by atoms with Crippen LogP contribution in [0.25, 0.3) is 0 Å². The summed E-state index contributed by atoms with van der Waals surface area (Å²) in [5.41, 5.74) is 0.464. The quantitative estimate of drug-likeness (QED) is 0.746. The number of hydrogen-bond donors (Lipinski definition) is 0. The van der Waals surface area contributed by atoms with Crippen molar-refractivity contribution in [1.82, 2.24) is 9.88 Å². The van der Waals surface area contributed by atoms with Gasteiger partial charge in [0.2, 0.25) is 0 Å². The van der Waals surface area contributed by atoms with E-state index >= 15 is 0 Å². The highest BCUT2D eigenvalue weighted by Crippen LogP contribution is 2.24. The van der Waals surface area contributed by atoms with Crippen molar-refractivity contribution in [3.63, 3.8) is 0 Å². The Labute approximate surface area is 114 Å². The summed E-state index contributed by atoms with van der Waals surface area (Å²) in [6.07, 6.45) is 2.58. The van der Waals surface area contributed by atoms with Crippen molar-refractivity contribution in [3.05, 3.63) is 28.5 Å². The Balaban J connectivity index is 2.14. The predicted octanol–water partition coefficient (Wildman–Crippen LogP) is 2.93. The summed E-state index contributed by atoms with van der Waals surface area (Å²) in [6.45, 7) is 3.48. The van der Waals surface area contributed by atoms with Crippen LogP contribution in [0.5, 0.6) is 0 Å². The normalized spacial score (nSPS) is 24.8. The van der Waals surface area contributed by atoms with E-state index in [-0.39, 0.29) is 11.3 Å². The van der Waals surface area contributed by atoms with Crippen LogP contribution in [0.3, 0.4) is 0 Å². The van der Waals surface area contributed by atoms with Crippen LogP contribution in [-0.4, -0.2) is 34.3 Å². The summed E-state index contributed by atoms with van der Waals surface area (Å²) in [7, 11) is 0. The number of amides is 1. The molecule has 0 spiro atoms. The molecule has 5 heteroatoms. The Morgan fingerprint density at radius 2 is 2.41 bits per heavy atom. The van der Waals surface area contributed by atoms with Gasteiger partial charge in [-0.3, -0.25) is 4.79 Å². The Morgan fingerprint density at radius 1 is 1.65 bits per heavy atom. The highest BCUT2D eigenvalue weighted by atomic mass is 79.9. The molecule has 1 saturated heterocycles. The summed E-state index contributed by atoms with van der Waals surface area (Å²) in [5.74, 6) is 0.419. The summed E-state index contributed by atoms with van der Waals surface area (Å²) >= 11 is 9.55. The Kier molecular flexibility index (Phi) is 4.05. The van der Waals surface area contributed by atoms with E-state index in [2.05, 4.69) is 27.8 Å². The average molecular weight is 318 g/mol. The fourth-order valence-corrected chi connectivity index (χ4v) is 2.62. The van der Waals surface area contributed by atoms with Gasteiger partial charge < -0.3 is 4.90 Å². The number of carbonyl (C=O) groups excluding carboxylic acids is 1. The Bertz CT molecular complexity index is 427. The Morgan fingerprint density at radius 3 is 3.06 bits per heavy atom. The first kappa shape index (κ1) is 12.8. The largest absolute Gasteiger partial charge is 0.336 e. The Hall–Kier alpha value is -0.610. The molecule has 0 N–H and O–H groups in total. The van der Waals surface area contributed by atoms with E-state index in [1.54, 1.807) is 17.2 Å². The van der Waals surface area contributed by atoms with Crippen LogP contribution in [-0.2, 0) is 0 Å². The number of rotatable bonds is 1. The van der Waals surface area contributed by atoms with Gasteiger partial charge in [-0.2, -0.15) is 0 Å². The van der Waals surface area contributed by atoms with Gasteiger partial charge in [-0.15, -0.1) is 11.6 Å². The minimum Gasteiger partial charge on any atom is -0.336 e. The number of aromatic nitrogens is 1. The number of alkyl halides is 1. The molecule has 17 heavy (non-hydrogen) atoms. The van der Waals surface area contributed by atoms with Gasteiger partial charge in [-0.25, -0.2) is 4.98 Å². The maximum Gasteiger partial charge on any atom is 0.273 e. The molecule has 1 fully saturated rings. The van der Waals surface area contributed by atoms with E-state index in [4.69, 9.17) is 11.6 Å². The molecule has 0 aromatic carbocycles. The number of pyridine rings is 1. The smallest absolute Gasteiger partial charge is 0.273 e. The average Bonchev–Trinajstić information content (AvgIpc) is 2.32. The third kappa shape index (κ3) is 2.80. The molecule has 1 aromatic heterocycles. The molecule has 2 unspecified atom stereocenters. The van der Waals surface area contributed by atoms with Crippen LogP contribution in [0.15, 0.2) is 22.8 Å². The fraction of sp³-hybridized carbons (Fsp3) is 0.500. The molecule has 1 aromatic rings. The van der Waals surface area contributed by atoms with Gasteiger partial charge in [-0.05, 0) is 40.4 Å². The summed E-state index contributed by atoms with van der Waals surface area (Å²) in [5, 5.41) is 0.0372. The van der Waals surface area contributed by atoms with Gasteiger partial charge in [0.25, 0.3) is 5.91 Å². The molecule has 1 aliphatic rings. The van der Waals surface area contributed by atoms with Gasteiger partial charge in [0.15, 0.2) is 0 Å². The molecule has 0 radical (unpaired) electrons. The summed E-state index contributed by atoms with van der Waals surface area (Å²) in [4.78, 5) is 18.1. The van der Waals surface area contributed by atoms with Crippen LogP contribution in [0, 0.1) is 5.92 Å². The van der Waals surface area contributed by atoms with E-state index in [0.717, 1.165) is 17.4 Å². The SMILES string of the molecule is CC1CCN(C(=O)c2ncccc2Br)CC1Cl. The van der Waals surface area contributed by atoms with Crippen molar-refractivity contribution >= 4 is 33.4 Å². The minimum absolute atomic E-state index is 0.0372. The second-order valence-electron chi connectivity index (χ2n) is 4.37. The number of nitrogens with zero attached hydrogens (tertiary/aromatic N) is 2. The van der Waals surface area contributed by atoms with Crippen molar-refractivity contribution in [2.24, 2.45) is 5.92 Å². The van der Waals surface area contributed by atoms with Crippen LogP contribution in [0.2, 0.25) is 0 Å². The molecule has 2 heterocycles. The first-order valence-electron chi connectivity index (χ1n) is 5.63. The number of carbonyl (C=O) groups is 1. The third-order valence-corrected chi connectivity index (χ3v) is 4.32. The molecule has 2 atom stereocenters. The van der Waals surface area contributed by atoms with Crippen LogP contribution in [0.1, 0.15) is 23.8 Å². The molecule has 0 aliphatic carbocycles. The molecule has 2 rings (SSSR count). The maximum absolute atomic E-state index is 12.2. The lowest BCUT2D eigenvalue weighted by atomic mass is 9.98. The zero-order valence-electron chi connectivity index (χ0n) is 9.57. The van der Waals surface area contributed by atoms with Crippen molar-refractivity contribution in [3.8, 4) is 0 Å². The lowest BCUT2D eigenvalue weighted by Gasteiger charge is -2.33. The first-order valence-corrected chi connectivity index (χ1v) is 6.86. The topological polar surface area (TPSA) is 33.2 Å². The molecule has 0 saturated carbocycles. The fourth-order valence-electron chi connectivity index (χ4n) is 1.90. The zero-order chi connectivity index (χ0) is 12.4. The molecule has 0 bridgehead atoms. The first-order chi connectivity index (χ1) is 8.09. The minimum atomic E-state index is -0.0463. The maximum atomic E-state index is 12.2. The predicted molar refractivity (Wildman–Crippen MR) is 71.3 cm³/mol. The number of likely N-dealkylation sites (tertiary alicyclic amines) is 1. The van der Waals surface area contributed by atoms with Crippen LogP contribution in [0.4, 0.5) is 0 Å². The highest BCUT2D eigenvalue weighted by molar-refractivity contribution is 9.10. The molecule has 92 valence electrons. The second kappa shape index (κ2) is 5.36. The van der Waals surface area contributed by atoms with Crippen molar-refractivity contribution < 1.29 is 4.79 Å². The number of halogens is 2. The van der Waals surface area contributed by atoms with Gasteiger partial charge >= 0.3 is 0 Å². The summed E-state index contributed by atoms with van der Waals surface area (Å²) < 4.78 is 0.731. The van der Waals surface area contributed by atoms with Gasteiger partial charge in [0.05, 0.1) is 5.38 Å². The van der Waals surface area contributed by atoms with E-state index in [0.29, 0.717) is 18.2 Å². The van der Waals surface area contributed by atoms with E-state index in [9.17, 15) is 4.79 Å². The molecule has 1 aliphatic heterocycles. The van der Waals surface area contributed by atoms with Crippen LogP contribution < -0.4 is 0 Å². The van der Waals surface area contributed by atoms with Crippen molar-refractivity contribution in [1.29, 1.82) is 0 Å². The number of piperidine rings is 1. The lowest BCUT2D eigenvalue weighted by Crippen LogP contribution is -2.44. The molecular formula is C12H14BrClN2O. The summed E-state index contributed by atoms with van der Waals surface area (Å²) in [6, 6.07) is 3.62. The standard InChI is InChI=1S/C12H14BrClN2O/c1-8-4-6-16(7-10(8)14)12(17)11-9(13)3-2-5-15-11/h2-3,5,8,10H,4,6-7H2,1H3. The monoisotopic (exact) mass is 316 g/mol. The lowest BCUT2D eigenvalue weighted by molar-refractivity contribution is 0.0694. The van der Waals surface area contributed by atoms with E-state index in [1.807, 2.05) is 6.07 Å². The second-order valence-corrected chi connectivity index (χ2v) is 5.78.